The molecule has 0 amide bonds. The van der Waals surface area contributed by atoms with Gasteiger partial charge in [-0.3, -0.25) is 23.9 Å². The molecule has 2 rings (SSSR count). The third-order valence-electron chi connectivity index (χ3n) is 3.76. The van der Waals surface area contributed by atoms with Crippen molar-refractivity contribution in [2.45, 2.75) is 24.9 Å². The molecule has 0 aromatic carbocycles. The lowest BCUT2D eigenvalue weighted by atomic mass is 10.3. The van der Waals surface area contributed by atoms with Crippen LogP contribution in [0.4, 0.5) is 5.95 Å². The monoisotopic (exact) mass is 461 g/mol. The Morgan fingerprint density at radius 3 is 2.23 bits per heavy atom. The standard InChI is InChI=1S/C15H23N7O6S2/c16-8(3-29)13(24)26-1-7(2-27-14(25)9(17)4-30)28-6-22-5-19-10-11(22)20-15(18)21-12(10)23/h5,7-9,29-30H,1-4,6,16-17H2,(H3,18,20,21,23)/t7?,8-,9+. The zero-order chi connectivity index (χ0) is 22.3. The van der Waals surface area contributed by atoms with Crippen molar-refractivity contribution in [1.82, 2.24) is 19.5 Å². The summed E-state index contributed by atoms with van der Waals surface area (Å²) in [5.41, 5.74) is 16.4. The molecule has 0 radical (unpaired) electrons. The number of carbonyl (C=O) groups excluding carboxylic acids is 2. The van der Waals surface area contributed by atoms with Gasteiger partial charge in [-0.1, -0.05) is 0 Å². The van der Waals surface area contributed by atoms with Crippen LogP contribution >= 0.6 is 25.3 Å². The van der Waals surface area contributed by atoms with Crippen LogP contribution in [0.3, 0.4) is 0 Å². The van der Waals surface area contributed by atoms with Crippen molar-refractivity contribution in [3.05, 3.63) is 16.7 Å². The highest BCUT2D eigenvalue weighted by Crippen LogP contribution is 2.08. The second kappa shape index (κ2) is 11.2. The highest BCUT2D eigenvalue weighted by molar-refractivity contribution is 7.80. The number of aromatic nitrogens is 4. The van der Waals surface area contributed by atoms with E-state index in [2.05, 4.69) is 40.2 Å². The third kappa shape index (κ3) is 6.33. The molecule has 0 saturated heterocycles. The summed E-state index contributed by atoms with van der Waals surface area (Å²) in [7, 11) is 0. The molecule has 0 aliphatic heterocycles. The van der Waals surface area contributed by atoms with Crippen molar-refractivity contribution < 1.29 is 23.8 Å². The number of imidazole rings is 1. The fourth-order valence-corrected chi connectivity index (χ4v) is 2.41. The van der Waals surface area contributed by atoms with Crippen LogP contribution in [0, 0.1) is 0 Å². The Balaban J connectivity index is 2.07. The Hall–Kier alpha value is -2.33. The highest BCUT2D eigenvalue weighted by Gasteiger charge is 2.21. The smallest absolute Gasteiger partial charge is 0.323 e. The first-order chi connectivity index (χ1) is 14.3. The summed E-state index contributed by atoms with van der Waals surface area (Å²) in [6.45, 7) is -0.664. The zero-order valence-corrected chi connectivity index (χ0v) is 17.6. The molecule has 0 aliphatic carbocycles. The predicted octanol–water partition coefficient (Wildman–Crippen LogP) is -2.35. The van der Waals surface area contributed by atoms with E-state index < -0.39 is 35.7 Å². The Kier molecular flexibility index (Phi) is 8.91. The molecule has 0 saturated carbocycles. The predicted molar refractivity (Wildman–Crippen MR) is 113 cm³/mol. The Bertz CT molecular complexity index is 910. The van der Waals surface area contributed by atoms with E-state index in [0.717, 1.165) is 0 Å². The van der Waals surface area contributed by atoms with Gasteiger partial charge in [0.1, 0.15) is 38.1 Å². The van der Waals surface area contributed by atoms with E-state index in [9.17, 15) is 14.4 Å². The number of fused-ring (bicyclic) bond motifs is 1. The van der Waals surface area contributed by atoms with Crippen LogP contribution in [0.15, 0.2) is 11.1 Å². The van der Waals surface area contributed by atoms with Gasteiger partial charge in [-0.15, -0.1) is 0 Å². The van der Waals surface area contributed by atoms with Crippen LogP contribution in [0.5, 0.6) is 0 Å². The number of hydrogen-bond donors (Lipinski definition) is 6. The van der Waals surface area contributed by atoms with Crippen molar-refractivity contribution in [3.8, 4) is 0 Å². The molecular weight excluding hydrogens is 438 g/mol. The van der Waals surface area contributed by atoms with E-state index in [1.807, 2.05) is 0 Å². The Labute approximate surface area is 181 Å². The first-order valence-corrected chi connectivity index (χ1v) is 9.91. The number of rotatable bonds is 11. The van der Waals surface area contributed by atoms with Crippen LogP contribution in [-0.4, -0.2) is 74.4 Å². The first kappa shape index (κ1) is 23.9. The largest absolute Gasteiger partial charge is 0.462 e. The Morgan fingerprint density at radius 1 is 1.13 bits per heavy atom. The molecule has 2 aromatic rings. The SMILES string of the molecule is Nc1nc2c(ncn2COC(COC(=O)[C@H](N)CS)COC(=O)[C@@H](N)CS)c(=O)[nH]1. The van der Waals surface area contributed by atoms with Crippen molar-refractivity contribution in [2.24, 2.45) is 11.5 Å². The summed E-state index contributed by atoms with van der Waals surface area (Å²) < 4.78 is 17.2. The fraction of sp³-hybridized carbons (Fsp3) is 0.533. The number of nitrogens with two attached hydrogens (primary N) is 3. The van der Waals surface area contributed by atoms with Gasteiger partial charge in [0.05, 0.1) is 6.33 Å². The minimum atomic E-state index is -0.911. The topological polar surface area (TPSA) is 203 Å². The number of esters is 2. The van der Waals surface area contributed by atoms with Crippen molar-refractivity contribution in [3.63, 3.8) is 0 Å². The zero-order valence-electron chi connectivity index (χ0n) is 15.8. The van der Waals surface area contributed by atoms with Gasteiger partial charge < -0.3 is 31.4 Å². The second-order valence-corrected chi connectivity index (χ2v) is 6.82. The van der Waals surface area contributed by atoms with Gasteiger partial charge in [-0.25, -0.2) is 4.98 Å². The number of nitrogens with zero attached hydrogens (tertiary/aromatic N) is 3. The van der Waals surface area contributed by atoms with Crippen LogP contribution < -0.4 is 22.8 Å². The van der Waals surface area contributed by atoms with Gasteiger partial charge in [0.15, 0.2) is 11.2 Å². The van der Waals surface area contributed by atoms with Crippen molar-refractivity contribution >= 4 is 54.3 Å². The maximum absolute atomic E-state index is 11.8. The number of anilines is 1. The molecule has 2 heterocycles. The molecule has 15 heteroatoms. The highest BCUT2D eigenvalue weighted by atomic mass is 32.1. The quantitative estimate of drug-likeness (QED) is 0.154. The lowest BCUT2D eigenvalue weighted by Crippen LogP contribution is -2.39. The molecule has 30 heavy (non-hydrogen) atoms. The summed E-state index contributed by atoms with van der Waals surface area (Å²) >= 11 is 7.86. The van der Waals surface area contributed by atoms with E-state index in [-0.39, 0.29) is 48.6 Å². The molecule has 0 fully saturated rings. The summed E-state index contributed by atoms with van der Waals surface area (Å²) in [6, 6.07) is -1.82. The lowest BCUT2D eigenvalue weighted by molar-refractivity contribution is -0.158. The minimum absolute atomic E-state index is 0.0710. The summed E-state index contributed by atoms with van der Waals surface area (Å²) in [5, 5.41) is 0. The van der Waals surface area contributed by atoms with E-state index in [1.54, 1.807) is 0 Å². The van der Waals surface area contributed by atoms with E-state index >= 15 is 0 Å². The van der Waals surface area contributed by atoms with Gasteiger partial charge in [0.2, 0.25) is 5.95 Å². The average Bonchev–Trinajstić information content (AvgIpc) is 3.14. The minimum Gasteiger partial charge on any atom is -0.462 e. The summed E-state index contributed by atoms with van der Waals surface area (Å²) in [6.07, 6.45) is 0.462. The molecule has 0 aliphatic rings. The number of nitrogens with one attached hydrogen (secondary N) is 1. The number of ether oxygens (including phenoxy) is 3. The van der Waals surface area contributed by atoms with Gasteiger partial charge in [-0.05, 0) is 0 Å². The van der Waals surface area contributed by atoms with Gasteiger partial charge in [0, 0.05) is 11.5 Å². The van der Waals surface area contributed by atoms with Crippen molar-refractivity contribution in [2.75, 3.05) is 30.5 Å². The normalized spacial score (nSPS) is 14.3. The van der Waals surface area contributed by atoms with Crippen molar-refractivity contribution in [1.29, 1.82) is 0 Å². The molecule has 0 bridgehead atoms. The van der Waals surface area contributed by atoms with Crippen LogP contribution in [0.2, 0.25) is 0 Å². The maximum Gasteiger partial charge on any atom is 0.323 e. The summed E-state index contributed by atoms with van der Waals surface area (Å²) in [5.74, 6) is -1.27. The molecule has 166 valence electrons. The number of carbonyl (C=O) groups is 2. The molecule has 0 spiro atoms. The number of hydrogen-bond acceptors (Lipinski definition) is 13. The maximum atomic E-state index is 11.8. The molecule has 1 unspecified atom stereocenters. The second-order valence-electron chi connectivity index (χ2n) is 6.09. The molecule has 3 atom stereocenters. The molecular formula is C15H23N7O6S2. The Morgan fingerprint density at radius 2 is 1.70 bits per heavy atom. The molecule has 13 nitrogen and oxygen atoms in total. The van der Waals surface area contributed by atoms with Gasteiger partial charge >= 0.3 is 11.9 Å². The number of H-pyrrole nitrogens is 1. The fourth-order valence-electron chi connectivity index (χ4n) is 2.11. The molecule has 2 aromatic heterocycles. The van der Waals surface area contributed by atoms with Crippen LogP contribution in [-0.2, 0) is 30.5 Å². The van der Waals surface area contributed by atoms with E-state index in [4.69, 9.17) is 31.4 Å². The van der Waals surface area contributed by atoms with E-state index in [1.165, 1.54) is 10.9 Å². The number of thiol groups is 2. The van der Waals surface area contributed by atoms with Crippen LogP contribution in [0.1, 0.15) is 0 Å². The molecule has 7 N–H and O–H groups in total. The first-order valence-electron chi connectivity index (χ1n) is 8.65. The van der Waals surface area contributed by atoms with Crippen LogP contribution in [0.25, 0.3) is 11.2 Å². The van der Waals surface area contributed by atoms with Gasteiger partial charge in [-0.2, -0.15) is 30.2 Å². The van der Waals surface area contributed by atoms with E-state index in [0.29, 0.717) is 0 Å². The number of aromatic amines is 1. The van der Waals surface area contributed by atoms with Gasteiger partial charge in [0.25, 0.3) is 5.56 Å². The summed E-state index contributed by atoms with van der Waals surface area (Å²) in [4.78, 5) is 45.7. The number of nitrogen functional groups attached to an aromatic ring is 1. The third-order valence-corrected chi connectivity index (χ3v) is 4.55. The lowest BCUT2D eigenvalue weighted by Gasteiger charge is -2.20. The average molecular weight is 462 g/mol.